The molecule has 0 fully saturated rings. The number of nitrogens with one attached hydrogen (secondary N) is 1. The Kier molecular flexibility index (Phi) is 8.04. The maximum atomic E-state index is 3.57. The molecule has 1 N–H and O–H groups in total. The second-order valence-corrected chi connectivity index (χ2v) is 5.85. The molecule has 0 rings (SSSR count). The van der Waals surface area contributed by atoms with E-state index in [-0.39, 0.29) is 0 Å². The lowest BCUT2D eigenvalue weighted by atomic mass is 9.98. The molecule has 0 aromatic rings. The van der Waals surface area contributed by atoms with E-state index in [2.05, 4.69) is 58.7 Å². The largest absolute Gasteiger partial charge is 0.315 e. The number of rotatable bonds is 8. The maximum absolute atomic E-state index is 3.57. The molecule has 0 bridgehead atoms. The van der Waals surface area contributed by atoms with E-state index >= 15 is 0 Å². The first-order chi connectivity index (χ1) is 7.36. The van der Waals surface area contributed by atoms with Crippen molar-refractivity contribution in [2.24, 2.45) is 11.8 Å². The van der Waals surface area contributed by atoms with E-state index in [4.69, 9.17) is 0 Å². The van der Waals surface area contributed by atoms with Crippen molar-refractivity contribution in [1.29, 1.82) is 0 Å². The molecule has 0 saturated carbocycles. The van der Waals surface area contributed by atoms with Gasteiger partial charge in [0, 0.05) is 25.2 Å². The van der Waals surface area contributed by atoms with Gasteiger partial charge in [0.1, 0.15) is 0 Å². The van der Waals surface area contributed by atoms with E-state index in [1.807, 2.05) is 0 Å². The van der Waals surface area contributed by atoms with E-state index in [1.54, 1.807) is 0 Å². The standard InChI is InChI=1S/C14H32N2/c1-11(2)14(7)10-15-8-9-16(12(3)4)13(5)6/h11-15H,8-10H2,1-7H3. The highest BCUT2D eigenvalue weighted by molar-refractivity contribution is 4.69. The van der Waals surface area contributed by atoms with Crippen LogP contribution in [0, 0.1) is 11.8 Å². The van der Waals surface area contributed by atoms with Crippen LogP contribution in [0.4, 0.5) is 0 Å². The third-order valence-corrected chi connectivity index (χ3v) is 3.48. The van der Waals surface area contributed by atoms with Crippen molar-refractivity contribution < 1.29 is 0 Å². The van der Waals surface area contributed by atoms with Gasteiger partial charge in [-0.05, 0) is 46.1 Å². The monoisotopic (exact) mass is 228 g/mol. The summed E-state index contributed by atoms with van der Waals surface area (Å²) in [5.41, 5.74) is 0. The van der Waals surface area contributed by atoms with Crippen molar-refractivity contribution in [2.75, 3.05) is 19.6 Å². The van der Waals surface area contributed by atoms with Gasteiger partial charge in [-0.2, -0.15) is 0 Å². The van der Waals surface area contributed by atoms with E-state index in [1.165, 1.54) is 0 Å². The Morgan fingerprint density at radius 1 is 0.875 bits per heavy atom. The average Bonchev–Trinajstić information content (AvgIpc) is 2.15. The molecule has 2 heteroatoms. The quantitative estimate of drug-likeness (QED) is 0.643. The van der Waals surface area contributed by atoms with Crippen LogP contribution in [0.2, 0.25) is 0 Å². The van der Waals surface area contributed by atoms with Gasteiger partial charge < -0.3 is 5.32 Å². The molecular formula is C14H32N2. The second-order valence-electron chi connectivity index (χ2n) is 5.85. The summed E-state index contributed by atoms with van der Waals surface area (Å²) in [4.78, 5) is 2.53. The number of nitrogens with zero attached hydrogens (tertiary/aromatic N) is 1. The van der Waals surface area contributed by atoms with Gasteiger partial charge in [-0.3, -0.25) is 4.90 Å². The summed E-state index contributed by atoms with van der Waals surface area (Å²) in [6, 6.07) is 1.29. The molecule has 0 aliphatic heterocycles. The average molecular weight is 228 g/mol. The van der Waals surface area contributed by atoms with Crippen LogP contribution in [0.3, 0.4) is 0 Å². The highest BCUT2D eigenvalue weighted by Gasteiger charge is 2.12. The molecule has 2 nitrogen and oxygen atoms in total. The van der Waals surface area contributed by atoms with Crippen LogP contribution in [0.5, 0.6) is 0 Å². The van der Waals surface area contributed by atoms with Crippen molar-refractivity contribution in [3.63, 3.8) is 0 Å². The third-order valence-electron chi connectivity index (χ3n) is 3.48. The zero-order valence-electron chi connectivity index (χ0n) is 12.4. The van der Waals surface area contributed by atoms with E-state index in [0.29, 0.717) is 12.1 Å². The molecule has 1 atom stereocenters. The molecule has 1 unspecified atom stereocenters. The fourth-order valence-electron chi connectivity index (χ4n) is 1.89. The first-order valence-electron chi connectivity index (χ1n) is 6.82. The van der Waals surface area contributed by atoms with Crippen LogP contribution in [-0.4, -0.2) is 36.6 Å². The highest BCUT2D eigenvalue weighted by atomic mass is 15.2. The molecule has 0 aromatic carbocycles. The minimum Gasteiger partial charge on any atom is -0.315 e. The van der Waals surface area contributed by atoms with Crippen molar-refractivity contribution in [2.45, 2.75) is 60.5 Å². The molecule has 0 aliphatic rings. The molecular weight excluding hydrogens is 196 g/mol. The summed E-state index contributed by atoms with van der Waals surface area (Å²) < 4.78 is 0. The number of hydrogen-bond donors (Lipinski definition) is 1. The predicted molar refractivity (Wildman–Crippen MR) is 73.8 cm³/mol. The topological polar surface area (TPSA) is 15.3 Å². The summed E-state index contributed by atoms with van der Waals surface area (Å²) in [6.45, 7) is 19.4. The first kappa shape index (κ1) is 15.9. The molecule has 0 aromatic heterocycles. The normalized spacial score (nSPS) is 14.4. The number of hydrogen-bond acceptors (Lipinski definition) is 2. The fourth-order valence-corrected chi connectivity index (χ4v) is 1.89. The van der Waals surface area contributed by atoms with Crippen LogP contribution in [0.1, 0.15) is 48.5 Å². The summed E-state index contributed by atoms with van der Waals surface area (Å²) in [7, 11) is 0. The fraction of sp³-hybridized carbons (Fsp3) is 1.00. The lowest BCUT2D eigenvalue weighted by Crippen LogP contribution is -2.42. The van der Waals surface area contributed by atoms with E-state index in [0.717, 1.165) is 31.5 Å². The lowest BCUT2D eigenvalue weighted by molar-refractivity contribution is 0.174. The van der Waals surface area contributed by atoms with Gasteiger partial charge in [0.2, 0.25) is 0 Å². The van der Waals surface area contributed by atoms with Crippen molar-refractivity contribution in [3.05, 3.63) is 0 Å². The van der Waals surface area contributed by atoms with Crippen molar-refractivity contribution >= 4 is 0 Å². The Morgan fingerprint density at radius 2 is 1.38 bits per heavy atom. The van der Waals surface area contributed by atoms with E-state index < -0.39 is 0 Å². The van der Waals surface area contributed by atoms with Crippen LogP contribution in [0.25, 0.3) is 0 Å². The van der Waals surface area contributed by atoms with Crippen LogP contribution in [0.15, 0.2) is 0 Å². The van der Waals surface area contributed by atoms with Gasteiger partial charge in [-0.25, -0.2) is 0 Å². The van der Waals surface area contributed by atoms with E-state index in [9.17, 15) is 0 Å². The molecule has 0 amide bonds. The molecule has 98 valence electrons. The van der Waals surface area contributed by atoms with Gasteiger partial charge in [0.25, 0.3) is 0 Å². The summed E-state index contributed by atoms with van der Waals surface area (Å²) in [5, 5.41) is 3.57. The van der Waals surface area contributed by atoms with Crippen molar-refractivity contribution in [3.8, 4) is 0 Å². The summed E-state index contributed by atoms with van der Waals surface area (Å²) >= 11 is 0. The van der Waals surface area contributed by atoms with Gasteiger partial charge in [-0.15, -0.1) is 0 Å². The Hall–Kier alpha value is -0.0800. The first-order valence-corrected chi connectivity index (χ1v) is 6.82. The van der Waals surface area contributed by atoms with Gasteiger partial charge in [-0.1, -0.05) is 20.8 Å². The van der Waals surface area contributed by atoms with Crippen LogP contribution in [-0.2, 0) is 0 Å². The zero-order chi connectivity index (χ0) is 12.7. The molecule has 16 heavy (non-hydrogen) atoms. The molecule has 0 saturated heterocycles. The van der Waals surface area contributed by atoms with Crippen LogP contribution < -0.4 is 5.32 Å². The predicted octanol–water partition coefficient (Wildman–Crippen LogP) is 2.99. The van der Waals surface area contributed by atoms with Gasteiger partial charge >= 0.3 is 0 Å². The zero-order valence-corrected chi connectivity index (χ0v) is 12.4. The molecule has 0 spiro atoms. The minimum absolute atomic E-state index is 0.643. The van der Waals surface area contributed by atoms with Gasteiger partial charge in [0.05, 0.1) is 0 Å². The Balaban J connectivity index is 3.71. The Morgan fingerprint density at radius 3 is 1.75 bits per heavy atom. The summed E-state index contributed by atoms with van der Waals surface area (Å²) in [6.07, 6.45) is 0. The maximum Gasteiger partial charge on any atom is 0.0112 e. The molecule has 0 radical (unpaired) electrons. The Labute approximate surface area is 103 Å². The van der Waals surface area contributed by atoms with Crippen molar-refractivity contribution in [1.82, 2.24) is 10.2 Å². The second kappa shape index (κ2) is 8.08. The molecule has 0 heterocycles. The summed E-state index contributed by atoms with van der Waals surface area (Å²) in [5.74, 6) is 1.55. The van der Waals surface area contributed by atoms with Crippen LogP contribution >= 0.6 is 0 Å². The third kappa shape index (κ3) is 6.49. The Bertz CT molecular complexity index is 156. The lowest BCUT2D eigenvalue weighted by Gasteiger charge is -2.30. The SMILES string of the molecule is CC(C)C(C)CNCCN(C(C)C)C(C)C. The van der Waals surface area contributed by atoms with Gasteiger partial charge in [0.15, 0.2) is 0 Å². The molecule has 0 aliphatic carbocycles. The highest BCUT2D eigenvalue weighted by Crippen LogP contribution is 2.07. The smallest absolute Gasteiger partial charge is 0.0112 e. The minimum atomic E-state index is 0.643.